The van der Waals surface area contributed by atoms with Gasteiger partial charge >= 0.3 is 0 Å². The molecule has 7 nitrogen and oxygen atoms in total. The molecule has 0 atom stereocenters. The van der Waals surface area contributed by atoms with Gasteiger partial charge in [-0.2, -0.15) is 9.61 Å². The minimum Gasteiger partial charge on any atom is -0.356 e. The van der Waals surface area contributed by atoms with Crippen LogP contribution >= 0.6 is 0 Å². The van der Waals surface area contributed by atoms with Crippen LogP contribution in [0.4, 0.5) is 10.2 Å². The third kappa shape index (κ3) is 3.22. The fourth-order valence-electron chi connectivity index (χ4n) is 4.37. The molecule has 1 aliphatic rings. The second-order valence-electron chi connectivity index (χ2n) is 8.02. The van der Waals surface area contributed by atoms with E-state index in [1.54, 1.807) is 10.8 Å². The van der Waals surface area contributed by atoms with Gasteiger partial charge in [0.1, 0.15) is 17.5 Å². The SMILES string of the molecule is Cc1cc(N2CCC(Cn3c(C)nc4cc(F)ccc4c3=O)CC2)n2nccc2n1. The lowest BCUT2D eigenvalue weighted by Gasteiger charge is -2.34. The van der Waals surface area contributed by atoms with Crippen LogP contribution < -0.4 is 10.5 Å². The first-order chi connectivity index (χ1) is 14.5. The number of anilines is 1. The molecule has 4 aromatic rings. The lowest BCUT2D eigenvalue weighted by atomic mass is 9.96. The lowest BCUT2D eigenvalue weighted by molar-refractivity contribution is 0.347. The summed E-state index contributed by atoms with van der Waals surface area (Å²) >= 11 is 0. The Labute approximate surface area is 172 Å². The first kappa shape index (κ1) is 18.7. The van der Waals surface area contributed by atoms with Crippen molar-refractivity contribution in [2.24, 2.45) is 5.92 Å². The van der Waals surface area contributed by atoms with Crippen LogP contribution in [-0.4, -0.2) is 37.2 Å². The van der Waals surface area contributed by atoms with Gasteiger partial charge in [-0.3, -0.25) is 9.36 Å². The van der Waals surface area contributed by atoms with Crippen molar-refractivity contribution in [2.45, 2.75) is 33.2 Å². The third-order valence-electron chi connectivity index (χ3n) is 5.96. The van der Waals surface area contributed by atoms with Crippen molar-refractivity contribution in [3.05, 3.63) is 64.2 Å². The van der Waals surface area contributed by atoms with E-state index < -0.39 is 0 Å². The highest BCUT2D eigenvalue weighted by Gasteiger charge is 2.23. The standard InChI is InChI=1S/C22H23FN6O/c1-14-11-21(29-20(25-14)5-8-24-29)27-9-6-16(7-10-27)13-28-15(2)26-19-12-17(23)3-4-18(19)22(28)30/h3-5,8,11-12,16H,6-7,9-10,13H2,1-2H3. The number of hydrogen-bond donors (Lipinski definition) is 0. The van der Waals surface area contributed by atoms with Gasteiger partial charge in [-0.25, -0.2) is 14.4 Å². The van der Waals surface area contributed by atoms with Crippen molar-refractivity contribution in [3.8, 4) is 0 Å². The Bertz CT molecular complexity index is 1300. The Hall–Kier alpha value is -3.29. The Kier molecular flexibility index (Phi) is 4.49. The normalized spacial score (nSPS) is 15.4. The molecule has 3 aromatic heterocycles. The molecular formula is C22H23FN6O. The number of aromatic nitrogens is 5. The summed E-state index contributed by atoms with van der Waals surface area (Å²) in [5, 5.41) is 4.88. The van der Waals surface area contributed by atoms with Gasteiger partial charge in [0.25, 0.3) is 5.56 Å². The number of benzene rings is 1. The second-order valence-corrected chi connectivity index (χ2v) is 8.02. The zero-order valence-corrected chi connectivity index (χ0v) is 17.0. The Balaban J connectivity index is 1.36. The molecular weight excluding hydrogens is 383 g/mol. The predicted octanol–water partition coefficient (Wildman–Crippen LogP) is 3.11. The van der Waals surface area contributed by atoms with Gasteiger partial charge in [0.15, 0.2) is 5.65 Å². The van der Waals surface area contributed by atoms with Gasteiger partial charge in [-0.15, -0.1) is 0 Å². The first-order valence-corrected chi connectivity index (χ1v) is 10.2. The molecule has 0 saturated carbocycles. The molecule has 0 unspecified atom stereocenters. The first-order valence-electron chi connectivity index (χ1n) is 10.2. The van der Waals surface area contributed by atoms with Crippen molar-refractivity contribution in [1.82, 2.24) is 24.1 Å². The zero-order valence-electron chi connectivity index (χ0n) is 17.0. The molecule has 8 heteroatoms. The number of aryl methyl sites for hydroxylation is 2. The molecule has 0 radical (unpaired) electrons. The second kappa shape index (κ2) is 7.19. The van der Waals surface area contributed by atoms with Crippen LogP contribution in [0.1, 0.15) is 24.4 Å². The molecule has 1 aromatic carbocycles. The average Bonchev–Trinajstić information content (AvgIpc) is 3.19. The lowest BCUT2D eigenvalue weighted by Crippen LogP contribution is -2.38. The monoisotopic (exact) mass is 406 g/mol. The fourth-order valence-corrected chi connectivity index (χ4v) is 4.37. The molecule has 154 valence electrons. The third-order valence-corrected chi connectivity index (χ3v) is 5.96. The van der Waals surface area contributed by atoms with Gasteiger partial charge in [0.05, 0.1) is 17.1 Å². The summed E-state index contributed by atoms with van der Waals surface area (Å²) in [5.74, 6) is 1.69. The Morgan fingerprint density at radius 2 is 1.90 bits per heavy atom. The van der Waals surface area contributed by atoms with E-state index in [0.717, 1.165) is 43.1 Å². The summed E-state index contributed by atoms with van der Waals surface area (Å²) in [6.45, 7) is 6.23. The number of fused-ring (bicyclic) bond motifs is 2. The van der Waals surface area contributed by atoms with Crippen LogP contribution in [-0.2, 0) is 6.54 Å². The van der Waals surface area contributed by atoms with Gasteiger partial charge in [0.2, 0.25) is 0 Å². The number of hydrogen-bond acceptors (Lipinski definition) is 5. The highest BCUT2D eigenvalue weighted by molar-refractivity contribution is 5.77. The number of piperidine rings is 1. The highest BCUT2D eigenvalue weighted by atomic mass is 19.1. The quantitative estimate of drug-likeness (QED) is 0.523. The van der Waals surface area contributed by atoms with E-state index in [-0.39, 0.29) is 11.4 Å². The largest absolute Gasteiger partial charge is 0.356 e. The summed E-state index contributed by atoms with van der Waals surface area (Å²) in [4.78, 5) is 24.3. The van der Waals surface area contributed by atoms with Gasteiger partial charge in [-0.1, -0.05) is 0 Å². The Morgan fingerprint density at radius 3 is 2.70 bits per heavy atom. The highest BCUT2D eigenvalue weighted by Crippen LogP contribution is 2.25. The topological polar surface area (TPSA) is 68.3 Å². The molecule has 1 aliphatic heterocycles. The van der Waals surface area contributed by atoms with Crippen LogP contribution in [0.15, 0.2) is 41.3 Å². The van der Waals surface area contributed by atoms with Crippen molar-refractivity contribution >= 4 is 22.4 Å². The number of rotatable bonds is 3. The van der Waals surface area contributed by atoms with Gasteiger partial charge < -0.3 is 4.90 Å². The summed E-state index contributed by atoms with van der Waals surface area (Å²) in [6, 6.07) is 8.15. The molecule has 30 heavy (non-hydrogen) atoms. The minimum absolute atomic E-state index is 0.0945. The van der Waals surface area contributed by atoms with Crippen LogP contribution in [0.3, 0.4) is 0 Å². The maximum Gasteiger partial charge on any atom is 0.261 e. The average molecular weight is 406 g/mol. The molecule has 1 saturated heterocycles. The smallest absolute Gasteiger partial charge is 0.261 e. The van der Waals surface area contributed by atoms with Crippen LogP contribution in [0.2, 0.25) is 0 Å². The molecule has 0 spiro atoms. The van der Waals surface area contributed by atoms with Crippen molar-refractivity contribution < 1.29 is 4.39 Å². The van der Waals surface area contributed by atoms with Crippen LogP contribution in [0.25, 0.3) is 16.6 Å². The summed E-state index contributed by atoms with van der Waals surface area (Å²) in [7, 11) is 0. The van der Waals surface area contributed by atoms with Crippen molar-refractivity contribution in [3.63, 3.8) is 0 Å². The summed E-state index contributed by atoms with van der Waals surface area (Å²) < 4.78 is 17.1. The maximum atomic E-state index is 13.5. The molecule has 5 rings (SSSR count). The molecule has 0 N–H and O–H groups in total. The molecule has 0 bridgehead atoms. The summed E-state index contributed by atoms with van der Waals surface area (Å²) in [6.07, 6.45) is 3.71. The van der Waals surface area contributed by atoms with Gasteiger partial charge in [0, 0.05) is 43.5 Å². The van der Waals surface area contributed by atoms with Crippen molar-refractivity contribution in [1.29, 1.82) is 0 Å². The summed E-state index contributed by atoms with van der Waals surface area (Å²) in [5.41, 5.74) is 2.15. The predicted molar refractivity (Wildman–Crippen MR) is 113 cm³/mol. The van der Waals surface area contributed by atoms with Crippen LogP contribution in [0.5, 0.6) is 0 Å². The van der Waals surface area contributed by atoms with E-state index in [9.17, 15) is 9.18 Å². The van der Waals surface area contributed by atoms with Crippen molar-refractivity contribution in [2.75, 3.05) is 18.0 Å². The van der Waals surface area contributed by atoms with E-state index in [0.29, 0.717) is 29.2 Å². The molecule has 0 aliphatic carbocycles. The van der Waals surface area contributed by atoms with E-state index in [1.807, 2.05) is 24.4 Å². The molecule has 1 fully saturated rings. The zero-order chi connectivity index (χ0) is 20.8. The van der Waals surface area contributed by atoms with E-state index in [4.69, 9.17) is 0 Å². The fraction of sp³-hybridized carbons (Fsp3) is 0.364. The van der Waals surface area contributed by atoms with E-state index in [2.05, 4.69) is 26.0 Å². The molecule has 4 heterocycles. The number of nitrogens with zero attached hydrogens (tertiary/aromatic N) is 6. The van der Waals surface area contributed by atoms with Crippen LogP contribution in [0, 0.1) is 25.6 Å². The van der Waals surface area contributed by atoms with Gasteiger partial charge in [-0.05, 0) is 44.7 Å². The Morgan fingerprint density at radius 1 is 1.10 bits per heavy atom. The minimum atomic E-state index is -0.378. The maximum absolute atomic E-state index is 13.5. The van der Waals surface area contributed by atoms with E-state index >= 15 is 0 Å². The number of halogens is 1. The van der Waals surface area contributed by atoms with E-state index in [1.165, 1.54) is 18.2 Å². The molecule has 0 amide bonds.